The van der Waals surface area contributed by atoms with Gasteiger partial charge in [-0.05, 0) is 25.0 Å². The Labute approximate surface area is 112 Å². The lowest BCUT2D eigenvalue weighted by Crippen LogP contribution is -2.37. The van der Waals surface area contributed by atoms with E-state index in [1.165, 1.54) is 5.69 Å². The first-order valence-corrected chi connectivity index (χ1v) is 6.59. The van der Waals surface area contributed by atoms with Crippen molar-refractivity contribution < 1.29 is 9.47 Å². The maximum Gasteiger partial charge on any atom is 0.231 e. The van der Waals surface area contributed by atoms with Crippen LogP contribution >= 0.6 is 12.2 Å². The second-order valence-electron chi connectivity index (χ2n) is 4.70. The molecule has 2 heterocycles. The van der Waals surface area contributed by atoms with E-state index in [0.717, 1.165) is 37.4 Å². The molecule has 1 aromatic rings. The van der Waals surface area contributed by atoms with Gasteiger partial charge in [0.1, 0.15) is 0 Å². The molecule has 0 amide bonds. The van der Waals surface area contributed by atoms with Gasteiger partial charge in [0, 0.05) is 30.8 Å². The van der Waals surface area contributed by atoms with Crippen LogP contribution in [0.4, 0.5) is 5.69 Å². The minimum Gasteiger partial charge on any atom is -0.454 e. The molecule has 0 bridgehead atoms. The fraction of sp³-hybridized carbons (Fsp3) is 0.462. The highest BCUT2D eigenvalue weighted by Crippen LogP contribution is 2.36. The van der Waals surface area contributed by atoms with Crippen molar-refractivity contribution in [1.29, 1.82) is 0 Å². The molecule has 0 saturated carbocycles. The van der Waals surface area contributed by atoms with Gasteiger partial charge in [0.25, 0.3) is 0 Å². The van der Waals surface area contributed by atoms with Gasteiger partial charge in [0.2, 0.25) is 6.79 Å². The second-order valence-corrected chi connectivity index (χ2v) is 5.17. The number of piperidine rings is 1. The molecule has 3 rings (SSSR count). The van der Waals surface area contributed by atoms with E-state index in [-0.39, 0.29) is 0 Å². The summed E-state index contributed by atoms with van der Waals surface area (Å²) >= 11 is 5.06. The maximum atomic E-state index is 5.70. The summed E-state index contributed by atoms with van der Waals surface area (Å²) in [4.78, 5) is 3.00. The van der Waals surface area contributed by atoms with Gasteiger partial charge in [-0.25, -0.2) is 0 Å². The Morgan fingerprint density at radius 3 is 2.67 bits per heavy atom. The van der Waals surface area contributed by atoms with Crippen LogP contribution in [0.25, 0.3) is 0 Å². The van der Waals surface area contributed by atoms with Crippen LogP contribution < -0.4 is 20.1 Å². The van der Waals surface area contributed by atoms with Gasteiger partial charge in [-0.2, -0.15) is 0 Å². The Balaban J connectivity index is 1.71. The molecule has 0 unspecified atom stereocenters. The smallest absolute Gasteiger partial charge is 0.231 e. The average molecular weight is 264 g/mol. The monoisotopic (exact) mass is 264 g/mol. The summed E-state index contributed by atoms with van der Waals surface area (Å²) in [5, 5.41) is 0. The Morgan fingerprint density at radius 2 is 1.94 bits per heavy atom. The highest BCUT2D eigenvalue weighted by molar-refractivity contribution is 7.80. The lowest BCUT2D eigenvalue weighted by atomic mass is 9.96. The number of fused-ring (bicyclic) bond motifs is 1. The molecule has 0 spiro atoms. The van der Waals surface area contributed by atoms with E-state index in [2.05, 4.69) is 11.0 Å². The SMILES string of the molecule is NC(=S)C1CCN(c2ccc3c(c2)OCO3)CC1. The number of hydrogen-bond donors (Lipinski definition) is 1. The predicted molar refractivity (Wildman–Crippen MR) is 74.3 cm³/mol. The van der Waals surface area contributed by atoms with Gasteiger partial charge >= 0.3 is 0 Å². The van der Waals surface area contributed by atoms with Gasteiger partial charge in [-0.3, -0.25) is 0 Å². The van der Waals surface area contributed by atoms with Gasteiger partial charge in [0.15, 0.2) is 11.5 Å². The van der Waals surface area contributed by atoms with Crippen molar-refractivity contribution in [3.63, 3.8) is 0 Å². The molecule has 1 fully saturated rings. The Morgan fingerprint density at radius 1 is 1.22 bits per heavy atom. The average Bonchev–Trinajstić information content (AvgIpc) is 2.86. The number of rotatable bonds is 2. The molecular formula is C13H16N2O2S. The second kappa shape index (κ2) is 4.65. The zero-order chi connectivity index (χ0) is 12.5. The molecule has 96 valence electrons. The summed E-state index contributed by atoms with van der Waals surface area (Å²) in [6.45, 7) is 2.30. The molecule has 18 heavy (non-hydrogen) atoms. The molecule has 2 N–H and O–H groups in total. The third kappa shape index (κ3) is 2.10. The van der Waals surface area contributed by atoms with Crippen molar-refractivity contribution >= 4 is 22.9 Å². The number of benzene rings is 1. The fourth-order valence-corrected chi connectivity index (χ4v) is 2.74. The number of nitrogens with two attached hydrogens (primary N) is 1. The first kappa shape index (κ1) is 11.6. The Kier molecular flexibility index (Phi) is 2.99. The Hall–Kier alpha value is -1.49. The molecule has 2 aliphatic heterocycles. The fourth-order valence-electron chi connectivity index (χ4n) is 2.50. The minimum absolute atomic E-state index is 0.322. The molecule has 0 radical (unpaired) electrons. The predicted octanol–water partition coefficient (Wildman–Crippen LogP) is 1.92. The van der Waals surface area contributed by atoms with Crippen molar-refractivity contribution in [2.24, 2.45) is 11.7 Å². The zero-order valence-electron chi connectivity index (χ0n) is 10.1. The van der Waals surface area contributed by atoms with E-state index in [4.69, 9.17) is 27.4 Å². The summed E-state index contributed by atoms with van der Waals surface area (Å²) < 4.78 is 10.7. The highest BCUT2D eigenvalue weighted by Gasteiger charge is 2.22. The van der Waals surface area contributed by atoms with Crippen LogP contribution in [0.2, 0.25) is 0 Å². The number of ether oxygens (including phenoxy) is 2. The van der Waals surface area contributed by atoms with Gasteiger partial charge in [-0.1, -0.05) is 12.2 Å². The number of anilines is 1. The third-order valence-corrected chi connectivity index (χ3v) is 3.95. The standard InChI is InChI=1S/C13H16N2O2S/c14-13(18)9-3-5-15(6-4-9)10-1-2-11-12(7-10)17-8-16-11/h1-2,7,9H,3-6,8H2,(H2,14,18). The van der Waals surface area contributed by atoms with Crippen LogP contribution in [-0.2, 0) is 0 Å². The maximum absolute atomic E-state index is 5.70. The van der Waals surface area contributed by atoms with Gasteiger partial charge in [-0.15, -0.1) is 0 Å². The van der Waals surface area contributed by atoms with Crippen LogP contribution in [0, 0.1) is 5.92 Å². The van der Waals surface area contributed by atoms with Crippen LogP contribution in [0.1, 0.15) is 12.8 Å². The molecule has 1 saturated heterocycles. The number of nitrogens with zero attached hydrogens (tertiary/aromatic N) is 1. The largest absolute Gasteiger partial charge is 0.454 e. The van der Waals surface area contributed by atoms with Crippen molar-refractivity contribution in [3.05, 3.63) is 18.2 Å². The lowest BCUT2D eigenvalue weighted by Gasteiger charge is -2.33. The molecule has 0 aromatic heterocycles. The molecule has 0 atom stereocenters. The molecule has 5 heteroatoms. The van der Waals surface area contributed by atoms with E-state index in [1.807, 2.05) is 12.1 Å². The quantitative estimate of drug-likeness (QED) is 0.827. The Bertz CT molecular complexity index is 470. The van der Waals surface area contributed by atoms with Crippen molar-refractivity contribution in [2.75, 3.05) is 24.8 Å². The van der Waals surface area contributed by atoms with E-state index in [9.17, 15) is 0 Å². The van der Waals surface area contributed by atoms with Crippen LogP contribution in [0.3, 0.4) is 0 Å². The molecule has 0 aliphatic carbocycles. The topological polar surface area (TPSA) is 47.7 Å². The van der Waals surface area contributed by atoms with Crippen LogP contribution in [0.5, 0.6) is 11.5 Å². The van der Waals surface area contributed by atoms with E-state index in [0.29, 0.717) is 17.7 Å². The molecular weight excluding hydrogens is 248 g/mol. The van der Waals surface area contributed by atoms with Crippen LogP contribution in [0.15, 0.2) is 18.2 Å². The summed E-state index contributed by atoms with van der Waals surface area (Å²) in [6.07, 6.45) is 2.06. The van der Waals surface area contributed by atoms with Crippen molar-refractivity contribution in [1.82, 2.24) is 0 Å². The summed E-state index contributed by atoms with van der Waals surface area (Å²) in [5.74, 6) is 2.06. The molecule has 1 aromatic carbocycles. The minimum atomic E-state index is 0.322. The van der Waals surface area contributed by atoms with E-state index < -0.39 is 0 Å². The highest BCUT2D eigenvalue weighted by atomic mass is 32.1. The van der Waals surface area contributed by atoms with Gasteiger partial charge in [0.05, 0.1) is 4.99 Å². The number of thiocarbonyl (C=S) groups is 1. The first-order chi connectivity index (χ1) is 8.74. The lowest BCUT2D eigenvalue weighted by molar-refractivity contribution is 0.174. The molecule has 4 nitrogen and oxygen atoms in total. The summed E-state index contributed by atoms with van der Waals surface area (Å²) in [6, 6.07) is 6.09. The van der Waals surface area contributed by atoms with Gasteiger partial charge < -0.3 is 20.1 Å². The van der Waals surface area contributed by atoms with Crippen LogP contribution in [-0.4, -0.2) is 24.9 Å². The number of hydrogen-bond acceptors (Lipinski definition) is 4. The van der Waals surface area contributed by atoms with E-state index >= 15 is 0 Å². The zero-order valence-corrected chi connectivity index (χ0v) is 10.9. The first-order valence-electron chi connectivity index (χ1n) is 6.18. The normalized spacial score (nSPS) is 19.0. The molecule has 2 aliphatic rings. The van der Waals surface area contributed by atoms with Crippen molar-refractivity contribution in [2.45, 2.75) is 12.8 Å². The summed E-state index contributed by atoms with van der Waals surface area (Å²) in [5.41, 5.74) is 6.88. The third-order valence-electron chi connectivity index (χ3n) is 3.62. The van der Waals surface area contributed by atoms with E-state index in [1.54, 1.807) is 0 Å². The summed E-state index contributed by atoms with van der Waals surface area (Å²) in [7, 11) is 0. The van der Waals surface area contributed by atoms with Crippen molar-refractivity contribution in [3.8, 4) is 11.5 Å².